The SMILES string of the molecule is CC(C)CCSc1ccc(C=CCN2CCCCC2)cc1. The first-order valence-corrected chi connectivity index (χ1v) is 9.34. The average molecular weight is 304 g/mol. The maximum absolute atomic E-state index is 2.55. The standard InChI is InChI=1S/C19H29NS/c1-17(2)12-16-21-19-10-8-18(9-11-19)7-6-15-20-13-4-3-5-14-20/h6-11,17H,3-5,12-16H2,1-2H3. The van der Waals surface area contributed by atoms with Crippen molar-refractivity contribution < 1.29 is 0 Å². The molecule has 0 bridgehead atoms. The van der Waals surface area contributed by atoms with Gasteiger partial charge in [-0.1, -0.05) is 44.6 Å². The monoisotopic (exact) mass is 303 g/mol. The van der Waals surface area contributed by atoms with Crippen LogP contribution in [0.15, 0.2) is 35.2 Å². The molecule has 1 aliphatic heterocycles. The lowest BCUT2D eigenvalue weighted by Gasteiger charge is -2.24. The van der Waals surface area contributed by atoms with E-state index < -0.39 is 0 Å². The lowest BCUT2D eigenvalue weighted by Crippen LogP contribution is -2.29. The predicted molar refractivity (Wildman–Crippen MR) is 95.9 cm³/mol. The van der Waals surface area contributed by atoms with Gasteiger partial charge in [0.2, 0.25) is 0 Å². The first kappa shape index (κ1) is 16.6. The molecule has 1 nitrogen and oxygen atoms in total. The number of nitrogens with zero attached hydrogens (tertiary/aromatic N) is 1. The van der Waals surface area contributed by atoms with Crippen molar-refractivity contribution >= 4 is 17.8 Å². The molecule has 1 heterocycles. The minimum atomic E-state index is 0.800. The fourth-order valence-corrected chi connectivity index (χ4v) is 3.72. The van der Waals surface area contributed by atoms with Crippen LogP contribution in [0, 0.1) is 5.92 Å². The predicted octanol–water partition coefficient (Wildman–Crippen LogP) is 5.32. The third-order valence-corrected chi connectivity index (χ3v) is 5.01. The number of rotatable bonds is 7. The van der Waals surface area contributed by atoms with Gasteiger partial charge in [-0.05, 0) is 61.7 Å². The van der Waals surface area contributed by atoms with Crippen molar-refractivity contribution in [3.05, 3.63) is 35.9 Å². The van der Waals surface area contributed by atoms with E-state index >= 15 is 0 Å². The zero-order valence-corrected chi connectivity index (χ0v) is 14.4. The van der Waals surface area contributed by atoms with E-state index in [9.17, 15) is 0 Å². The van der Waals surface area contributed by atoms with Crippen LogP contribution >= 0.6 is 11.8 Å². The van der Waals surface area contributed by atoms with Gasteiger partial charge in [0.25, 0.3) is 0 Å². The van der Waals surface area contributed by atoms with E-state index in [-0.39, 0.29) is 0 Å². The van der Waals surface area contributed by atoms with Gasteiger partial charge in [0, 0.05) is 11.4 Å². The molecule has 116 valence electrons. The molecule has 21 heavy (non-hydrogen) atoms. The lowest BCUT2D eigenvalue weighted by molar-refractivity contribution is 0.252. The molecule has 0 spiro atoms. The Hall–Kier alpha value is -0.730. The van der Waals surface area contributed by atoms with Crippen LogP contribution in [-0.2, 0) is 0 Å². The number of likely N-dealkylation sites (tertiary alicyclic amines) is 1. The van der Waals surface area contributed by atoms with Gasteiger partial charge in [0.05, 0.1) is 0 Å². The molecule has 0 amide bonds. The molecule has 0 radical (unpaired) electrons. The summed E-state index contributed by atoms with van der Waals surface area (Å²) in [4.78, 5) is 3.94. The summed E-state index contributed by atoms with van der Waals surface area (Å²) < 4.78 is 0. The van der Waals surface area contributed by atoms with E-state index in [4.69, 9.17) is 0 Å². The first-order valence-electron chi connectivity index (χ1n) is 8.36. The highest BCUT2D eigenvalue weighted by atomic mass is 32.2. The maximum atomic E-state index is 2.55. The minimum Gasteiger partial charge on any atom is -0.300 e. The summed E-state index contributed by atoms with van der Waals surface area (Å²) in [7, 11) is 0. The smallest absolute Gasteiger partial charge is 0.0166 e. The van der Waals surface area contributed by atoms with E-state index in [1.54, 1.807) is 0 Å². The van der Waals surface area contributed by atoms with Crippen molar-refractivity contribution in [1.82, 2.24) is 4.90 Å². The first-order chi connectivity index (χ1) is 10.2. The van der Waals surface area contributed by atoms with Gasteiger partial charge in [-0.25, -0.2) is 0 Å². The highest BCUT2D eigenvalue weighted by molar-refractivity contribution is 7.99. The van der Waals surface area contributed by atoms with Crippen LogP contribution in [0.4, 0.5) is 0 Å². The fraction of sp³-hybridized carbons (Fsp3) is 0.579. The highest BCUT2D eigenvalue weighted by Gasteiger charge is 2.07. The molecule has 0 aromatic heterocycles. The van der Waals surface area contributed by atoms with Crippen LogP contribution in [0.5, 0.6) is 0 Å². The molecule has 0 N–H and O–H groups in total. The van der Waals surface area contributed by atoms with Crippen molar-refractivity contribution in [3.8, 4) is 0 Å². The number of piperidine rings is 1. The van der Waals surface area contributed by atoms with Crippen LogP contribution in [0.2, 0.25) is 0 Å². The number of thioether (sulfide) groups is 1. The van der Waals surface area contributed by atoms with Gasteiger partial charge in [-0.3, -0.25) is 4.90 Å². The molecule has 1 aromatic carbocycles. The summed E-state index contributed by atoms with van der Waals surface area (Å²) >= 11 is 1.97. The molecule has 2 rings (SSSR count). The van der Waals surface area contributed by atoms with Crippen molar-refractivity contribution in [2.45, 2.75) is 44.4 Å². The molecule has 0 saturated carbocycles. The number of hydrogen-bond acceptors (Lipinski definition) is 2. The van der Waals surface area contributed by atoms with E-state index in [0.717, 1.165) is 12.5 Å². The second kappa shape index (κ2) is 9.32. The molecule has 0 atom stereocenters. The van der Waals surface area contributed by atoms with Crippen molar-refractivity contribution in [1.29, 1.82) is 0 Å². The molecule has 1 fully saturated rings. The molecule has 1 aliphatic rings. The minimum absolute atomic E-state index is 0.800. The molecule has 1 saturated heterocycles. The summed E-state index contributed by atoms with van der Waals surface area (Å²) in [5.41, 5.74) is 1.32. The molecule has 1 aromatic rings. The summed E-state index contributed by atoms with van der Waals surface area (Å²) in [6.45, 7) is 8.23. The normalized spacial score (nSPS) is 16.9. The van der Waals surface area contributed by atoms with Gasteiger partial charge in [-0.2, -0.15) is 0 Å². The summed E-state index contributed by atoms with van der Waals surface area (Å²) in [6.07, 6.45) is 10.0. The number of hydrogen-bond donors (Lipinski definition) is 0. The Morgan fingerprint density at radius 3 is 2.48 bits per heavy atom. The van der Waals surface area contributed by atoms with E-state index in [1.165, 1.54) is 55.0 Å². The van der Waals surface area contributed by atoms with E-state index in [2.05, 4.69) is 55.2 Å². The third-order valence-electron chi connectivity index (χ3n) is 3.97. The van der Waals surface area contributed by atoms with Crippen molar-refractivity contribution in [2.24, 2.45) is 5.92 Å². The lowest BCUT2D eigenvalue weighted by atomic mass is 10.1. The van der Waals surface area contributed by atoms with E-state index in [1.807, 2.05) is 11.8 Å². The van der Waals surface area contributed by atoms with Gasteiger partial charge < -0.3 is 0 Å². The molecule has 0 unspecified atom stereocenters. The Morgan fingerprint density at radius 1 is 1.10 bits per heavy atom. The van der Waals surface area contributed by atoms with Crippen molar-refractivity contribution in [3.63, 3.8) is 0 Å². The van der Waals surface area contributed by atoms with Gasteiger partial charge >= 0.3 is 0 Å². The Labute approximate surface area is 134 Å². The summed E-state index contributed by atoms with van der Waals surface area (Å²) in [5, 5.41) is 0. The Kier molecular flexibility index (Phi) is 7.38. The molecule has 2 heteroatoms. The van der Waals surface area contributed by atoms with E-state index in [0.29, 0.717) is 0 Å². The maximum Gasteiger partial charge on any atom is 0.0166 e. The Bertz CT molecular complexity index is 416. The van der Waals surface area contributed by atoms with Crippen LogP contribution in [0.3, 0.4) is 0 Å². The fourth-order valence-electron chi connectivity index (χ4n) is 2.57. The zero-order chi connectivity index (χ0) is 14.9. The van der Waals surface area contributed by atoms with Crippen molar-refractivity contribution in [2.75, 3.05) is 25.4 Å². The highest BCUT2D eigenvalue weighted by Crippen LogP contribution is 2.21. The quantitative estimate of drug-likeness (QED) is 0.627. The largest absolute Gasteiger partial charge is 0.300 e. The Morgan fingerprint density at radius 2 is 1.81 bits per heavy atom. The van der Waals surface area contributed by atoms with Gasteiger partial charge in [0.1, 0.15) is 0 Å². The second-order valence-corrected chi connectivity index (χ2v) is 7.53. The topological polar surface area (TPSA) is 3.24 Å². The molecule has 0 aliphatic carbocycles. The average Bonchev–Trinajstić information content (AvgIpc) is 2.50. The second-order valence-electron chi connectivity index (χ2n) is 6.36. The van der Waals surface area contributed by atoms with Crippen LogP contribution in [-0.4, -0.2) is 30.3 Å². The molecular weight excluding hydrogens is 274 g/mol. The van der Waals surface area contributed by atoms with Gasteiger partial charge in [0.15, 0.2) is 0 Å². The van der Waals surface area contributed by atoms with Crippen LogP contribution < -0.4 is 0 Å². The molecular formula is C19H29NS. The zero-order valence-electron chi connectivity index (χ0n) is 13.6. The third kappa shape index (κ3) is 6.71. The number of benzene rings is 1. The summed E-state index contributed by atoms with van der Waals surface area (Å²) in [5.74, 6) is 2.02. The van der Waals surface area contributed by atoms with Gasteiger partial charge in [-0.15, -0.1) is 11.8 Å². The van der Waals surface area contributed by atoms with Crippen LogP contribution in [0.1, 0.15) is 45.1 Å². The van der Waals surface area contributed by atoms with Crippen LogP contribution in [0.25, 0.3) is 6.08 Å². The Balaban J connectivity index is 1.73. The summed E-state index contributed by atoms with van der Waals surface area (Å²) in [6, 6.07) is 8.99.